The monoisotopic (exact) mass is 326 g/mol. The van der Waals surface area contributed by atoms with Gasteiger partial charge in [0, 0.05) is 26.2 Å². The number of nitrogens with one attached hydrogen (secondary N) is 1. The van der Waals surface area contributed by atoms with Crippen molar-refractivity contribution in [2.45, 2.75) is 6.04 Å². The molecule has 1 aromatic rings. The summed E-state index contributed by atoms with van der Waals surface area (Å²) in [5, 5.41) is 12.9. The molecule has 1 aromatic carbocycles. The number of phenols is 1. The van der Waals surface area contributed by atoms with Gasteiger partial charge in [0.2, 0.25) is 0 Å². The van der Waals surface area contributed by atoms with Crippen LogP contribution in [0.5, 0.6) is 5.75 Å². The van der Waals surface area contributed by atoms with Gasteiger partial charge in [0.15, 0.2) is 11.6 Å². The van der Waals surface area contributed by atoms with Gasteiger partial charge >= 0.3 is 0 Å². The first-order chi connectivity index (χ1) is 8.65. The topological polar surface area (TPSA) is 35.5 Å². The van der Waals surface area contributed by atoms with Crippen molar-refractivity contribution < 1.29 is 13.9 Å². The number of rotatable bonds is 3. The van der Waals surface area contributed by atoms with Crippen molar-refractivity contribution in [2.75, 3.05) is 26.2 Å². The van der Waals surface area contributed by atoms with Crippen LogP contribution in [0.25, 0.3) is 0 Å². The number of nitrogens with zero attached hydrogens (tertiary/aromatic N) is 1. The largest absolute Gasteiger partial charge is 0.505 e. The molecule has 3 nitrogen and oxygen atoms in total. The van der Waals surface area contributed by atoms with Gasteiger partial charge in [-0.15, -0.1) is 31.4 Å². The number of halogens is 4. The molecule has 0 amide bonds. The van der Waals surface area contributed by atoms with E-state index >= 15 is 0 Å². The maximum atomic E-state index is 13.8. The summed E-state index contributed by atoms with van der Waals surface area (Å²) >= 11 is 0. The van der Waals surface area contributed by atoms with Crippen LogP contribution in [-0.4, -0.2) is 36.2 Å². The van der Waals surface area contributed by atoms with Crippen molar-refractivity contribution in [2.24, 2.45) is 0 Å². The van der Waals surface area contributed by atoms with Gasteiger partial charge in [0.05, 0.1) is 11.6 Å². The van der Waals surface area contributed by atoms with Crippen LogP contribution < -0.4 is 5.32 Å². The fraction of sp³-hybridized carbons (Fsp3) is 0.385. The lowest BCUT2D eigenvalue weighted by Gasteiger charge is -2.33. The molecule has 2 N–H and O–H groups in total. The van der Waals surface area contributed by atoms with E-state index in [4.69, 9.17) is 0 Å². The van der Waals surface area contributed by atoms with Crippen molar-refractivity contribution in [1.82, 2.24) is 10.2 Å². The van der Waals surface area contributed by atoms with Crippen molar-refractivity contribution in [3.8, 4) is 5.75 Å². The third kappa shape index (κ3) is 3.82. The average molecular weight is 327 g/mol. The van der Waals surface area contributed by atoms with Gasteiger partial charge in [-0.05, 0) is 12.1 Å². The summed E-state index contributed by atoms with van der Waals surface area (Å²) in [7, 11) is 0. The fourth-order valence-electron chi connectivity index (χ4n) is 2.25. The Morgan fingerprint density at radius 3 is 2.30 bits per heavy atom. The summed E-state index contributed by atoms with van der Waals surface area (Å²) in [4.78, 5) is 1.96. The lowest BCUT2D eigenvalue weighted by molar-refractivity contribution is 0.196. The van der Waals surface area contributed by atoms with E-state index in [0.717, 1.165) is 25.2 Å². The summed E-state index contributed by atoms with van der Waals surface area (Å²) in [6, 6.07) is 1.44. The van der Waals surface area contributed by atoms with Crippen molar-refractivity contribution >= 4 is 24.8 Å². The SMILES string of the molecule is C=C[C@H](c1c(F)ccc(F)c1O)N1CCNCC1.Cl.Cl. The number of hydrogen-bond donors (Lipinski definition) is 2. The standard InChI is InChI=1S/C13H16F2N2O.2ClH/c1-2-11(17-7-5-16-6-8-17)12-9(14)3-4-10(15)13(12)18;;/h2-4,11,16,18H,1,5-8H2;2*1H/t11-;;/m1../s1. The molecule has 7 heteroatoms. The Morgan fingerprint density at radius 2 is 1.75 bits per heavy atom. The van der Waals surface area contributed by atoms with Crippen LogP contribution in [0.15, 0.2) is 24.8 Å². The van der Waals surface area contributed by atoms with Gasteiger partial charge in [-0.3, -0.25) is 4.90 Å². The van der Waals surface area contributed by atoms with E-state index < -0.39 is 23.4 Å². The van der Waals surface area contributed by atoms with E-state index in [-0.39, 0.29) is 30.4 Å². The smallest absolute Gasteiger partial charge is 0.165 e. The molecular formula is C13H18Cl2F2N2O. The molecule has 1 fully saturated rings. The van der Waals surface area contributed by atoms with Crippen LogP contribution in [0.1, 0.15) is 11.6 Å². The predicted molar refractivity (Wildman–Crippen MR) is 79.9 cm³/mol. The highest BCUT2D eigenvalue weighted by molar-refractivity contribution is 5.85. The first kappa shape index (κ1) is 19.1. The highest BCUT2D eigenvalue weighted by Crippen LogP contribution is 2.33. The number of benzene rings is 1. The quantitative estimate of drug-likeness (QED) is 0.838. The van der Waals surface area contributed by atoms with Crippen LogP contribution in [0.2, 0.25) is 0 Å². The summed E-state index contributed by atoms with van der Waals surface area (Å²) in [5.74, 6) is -2.05. The van der Waals surface area contributed by atoms with Crippen LogP contribution in [0, 0.1) is 11.6 Å². The summed E-state index contributed by atoms with van der Waals surface area (Å²) in [5.41, 5.74) is -0.0353. The van der Waals surface area contributed by atoms with E-state index in [1.54, 1.807) is 0 Å². The van der Waals surface area contributed by atoms with Gasteiger partial charge < -0.3 is 10.4 Å². The molecule has 0 unspecified atom stereocenters. The molecule has 1 aliphatic heterocycles. The minimum atomic E-state index is -0.812. The summed E-state index contributed by atoms with van der Waals surface area (Å²) in [6.07, 6.45) is 1.53. The Kier molecular flexibility index (Phi) is 8.05. The second kappa shape index (κ2) is 8.42. The summed E-state index contributed by atoms with van der Waals surface area (Å²) in [6.45, 7) is 6.62. The molecule has 1 saturated heterocycles. The average Bonchev–Trinajstić information content (AvgIpc) is 2.40. The zero-order chi connectivity index (χ0) is 13.1. The third-order valence-electron chi connectivity index (χ3n) is 3.18. The van der Waals surface area contributed by atoms with E-state index in [2.05, 4.69) is 11.9 Å². The van der Waals surface area contributed by atoms with E-state index in [1.165, 1.54) is 6.08 Å². The number of piperazine rings is 1. The van der Waals surface area contributed by atoms with Crippen LogP contribution in [0.3, 0.4) is 0 Å². The van der Waals surface area contributed by atoms with Crippen molar-refractivity contribution in [1.29, 1.82) is 0 Å². The molecule has 20 heavy (non-hydrogen) atoms. The van der Waals surface area contributed by atoms with E-state index in [0.29, 0.717) is 13.1 Å². The van der Waals surface area contributed by atoms with Crippen molar-refractivity contribution in [3.05, 3.63) is 42.0 Å². The molecule has 2 rings (SSSR count). The van der Waals surface area contributed by atoms with E-state index in [1.807, 2.05) is 4.90 Å². The Balaban J connectivity index is 0.00000180. The fourth-order valence-corrected chi connectivity index (χ4v) is 2.25. The van der Waals surface area contributed by atoms with Gasteiger partial charge in [-0.2, -0.15) is 0 Å². The molecule has 1 atom stereocenters. The molecule has 0 aliphatic carbocycles. The molecule has 0 spiro atoms. The first-order valence-electron chi connectivity index (χ1n) is 5.89. The first-order valence-corrected chi connectivity index (χ1v) is 5.89. The Labute approximate surface area is 129 Å². The Bertz CT molecular complexity index is 454. The van der Waals surface area contributed by atoms with Gasteiger partial charge in [0.1, 0.15) is 5.82 Å². The van der Waals surface area contributed by atoms with Gasteiger partial charge in [-0.1, -0.05) is 6.08 Å². The Morgan fingerprint density at radius 1 is 1.20 bits per heavy atom. The zero-order valence-corrected chi connectivity index (χ0v) is 12.4. The molecule has 0 bridgehead atoms. The van der Waals surface area contributed by atoms with E-state index in [9.17, 15) is 13.9 Å². The second-order valence-electron chi connectivity index (χ2n) is 4.26. The number of hydrogen-bond acceptors (Lipinski definition) is 3. The molecule has 1 aliphatic rings. The number of aromatic hydroxyl groups is 1. The van der Waals surface area contributed by atoms with Gasteiger partial charge in [-0.25, -0.2) is 8.78 Å². The third-order valence-corrected chi connectivity index (χ3v) is 3.18. The van der Waals surface area contributed by atoms with Crippen molar-refractivity contribution in [3.63, 3.8) is 0 Å². The van der Waals surface area contributed by atoms with Crippen LogP contribution >= 0.6 is 24.8 Å². The number of phenolic OH excluding ortho intramolecular Hbond substituents is 1. The zero-order valence-electron chi connectivity index (χ0n) is 10.8. The minimum absolute atomic E-state index is 0. The minimum Gasteiger partial charge on any atom is -0.505 e. The Hall–Kier alpha value is -0.880. The van der Waals surface area contributed by atoms with Crippen LogP contribution in [-0.2, 0) is 0 Å². The van der Waals surface area contributed by atoms with Gasteiger partial charge in [0.25, 0.3) is 0 Å². The molecule has 0 aromatic heterocycles. The highest BCUT2D eigenvalue weighted by atomic mass is 35.5. The van der Waals surface area contributed by atoms with Crippen LogP contribution in [0.4, 0.5) is 8.78 Å². The molecule has 0 radical (unpaired) electrons. The lowest BCUT2D eigenvalue weighted by atomic mass is 10.0. The highest BCUT2D eigenvalue weighted by Gasteiger charge is 2.26. The molecular weight excluding hydrogens is 309 g/mol. The summed E-state index contributed by atoms with van der Waals surface area (Å²) < 4.78 is 27.1. The second-order valence-corrected chi connectivity index (χ2v) is 4.26. The molecule has 114 valence electrons. The normalized spacial score (nSPS) is 16.7. The maximum Gasteiger partial charge on any atom is 0.165 e. The molecule has 1 heterocycles. The lowest BCUT2D eigenvalue weighted by Crippen LogP contribution is -2.44. The molecule has 0 saturated carbocycles. The predicted octanol–water partition coefficient (Wildman–Crippen LogP) is 2.65. The maximum absolute atomic E-state index is 13.8.